The van der Waals surface area contributed by atoms with Gasteiger partial charge in [-0.15, -0.1) is 12.4 Å². The molecule has 1 heterocycles. The summed E-state index contributed by atoms with van der Waals surface area (Å²) in [5.74, 6) is -0.248. The van der Waals surface area contributed by atoms with Gasteiger partial charge >= 0.3 is 0 Å². The standard InChI is InChI=1S/C16H23FN2O.ClH/c1-12(11-13-5-3-4-6-15(13)17)16(20)19-9-7-14(18-2)8-10-19;/h3-6,12,14,18H,7-11H2,1-2H3;1H. The maximum atomic E-state index is 13.6. The minimum Gasteiger partial charge on any atom is -0.342 e. The lowest BCUT2D eigenvalue weighted by atomic mass is 9.97. The van der Waals surface area contributed by atoms with Crippen molar-refractivity contribution in [2.24, 2.45) is 5.92 Å². The van der Waals surface area contributed by atoms with Gasteiger partial charge in [0.25, 0.3) is 0 Å². The van der Waals surface area contributed by atoms with Crippen molar-refractivity contribution in [2.45, 2.75) is 32.2 Å². The molecule has 118 valence electrons. The van der Waals surface area contributed by atoms with Crippen LogP contribution in [0.25, 0.3) is 0 Å². The number of nitrogens with zero attached hydrogens (tertiary/aromatic N) is 1. The summed E-state index contributed by atoms with van der Waals surface area (Å²) in [4.78, 5) is 14.3. The van der Waals surface area contributed by atoms with Crippen LogP contribution in [0.4, 0.5) is 4.39 Å². The quantitative estimate of drug-likeness (QED) is 0.926. The zero-order valence-electron chi connectivity index (χ0n) is 12.6. The monoisotopic (exact) mass is 314 g/mol. The smallest absolute Gasteiger partial charge is 0.225 e. The van der Waals surface area contributed by atoms with Gasteiger partial charge in [-0.2, -0.15) is 0 Å². The molecule has 0 aliphatic carbocycles. The molecular weight excluding hydrogens is 291 g/mol. The van der Waals surface area contributed by atoms with Gasteiger partial charge in [0.15, 0.2) is 0 Å². The Labute approximate surface area is 132 Å². The van der Waals surface area contributed by atoms with Crippen LogP contribution in [0.15, 0.2) is 24.3 Å². The highest BCUT2D eigenvalue weighted by Gasteiger charge is 2.25. The van der Waals surface area contributed by atoms with Crippen LogP contribution < -0.4 is 5.32 Å². The number of halogens is 2. The third-order valence-electron chi connectivity index (χ3n) is 4.12. The second kappa shape index (κ2) is 8.35. The number of nitrogens with one attached hydrogen (secondary N) is 1. The van der Waals surface area contributed by atoms with Crippen LogP contribution in [-0.4, -0.2) is 37.0 Å². The van der Waals surface area contributed by atoms with Crippen LogP contribution in [-0.2, 0) is 11.2 Å². The summed E-state index contributed by atoms with van der Waals surface area (Å²) in [5.41, 5.74) is 0.624. The molecule has 0 aromatic heterocycles. The number of piperidine rings is 1. The van der Waals surface area contributed by atoms with Gasteiger partial charge in [0.1, 0.15) is 5.82 Å². The highest BCUT2D eigenvalue weighted by molar-refractivity contribution is 5.85. The number of likely N-dealkylation sites (tertiary alicyclic amines) is 1. The molecule has 1 saturated heterocycles. The zero-order chi connectivity index (χ0) is 14.5. The molecule has 1 aliphatic rings. The van der Waals surface area contributed by atoms with Crippen molar-refractivity contribution in [3.8, 4) is 0 Å². The number of carbonyl (C=O) groups is 1. The fourth-order valence-electron chi connectivity index (χ4n) is 2.78. The van der Waals surface area contributed by atoms with Gasteiger partial charge < -0.3 is 10.2 Å². The van der Waals surface area contributed by atoms with Crippen molar-refractivity contribution in [3.05, 3.63) is 35.6 Å². The molecule has 1 unspecified atom stereocenters. The van der Waals surface area contributed by atoms with E-state index < -0.39 is 0 Å². The summed E-state index contributed by atoms with van der Waals surface area (Å²) in [6, 6.07) is 7.21. The van der Waals surface area contributed by atoms with E-state index in [-0.39, 0.29) is 30.0 Å². The van der Waals surface area contributed by atoms with E-state index in [4.69, 9.17) is 0 Å². The Hall–Kier alpha value is -1.13. The van der Waals surface area contributed by atoms with Crippen molar-refractivity contribution in [1.82, 2.24) is 10.2 Å². The number of carbonyl (C=O) groups excluding carboxylic acids is 1. The predicted molar refractivity (Wildman–Crippen MR) is 85.2 cm³/mol. The molecule has 2 rings (SSSR count). The van der Waals surface area contributed by atoms with E-state index in [9.17, 15) is 9.18 Å². The molecule has 0 bridgehead atoms. The first-order valence-corrected chi connectivity index (χ1v) is 7.31. The molecule has 1 fully saturated rings. The molecule has 1 N–H and O–H groups in total. The summed E-state index contributed by atoms with van der Waals surface area (Å²) < 4.78 is 13.6. The number of amides is 1. The molecule has 0 spiro atoms. The lowest BCUT2D eigenvalue weighted by Crippen LogP contribution is -2.45. The first-order chi connectivity index (χ1) is 9.61. The molecule has 0 radical (unpaired) electrons. The highest BCUT2D eigenvalue weighted by atomic mass is 35.5. The van der Waals surface area contributed by atoms with Crippen molar-refractivity contribution >= 4 is 18.3 Å². The van der Waals surface area contributed by atoms with Gasteiger partial charge in [-0.3, -0.25) is 4.79 Å². The van der Waals surface area contributed by atoms with Gasteiger partial charge in [0.05, 0.1) is 0 Å². The number of hydrogen-bond donors (Lipinski definition) is 1. The normalized spacial score (nSPS) is 17.2. The van der Waals surface area contributed by atoms with Crippen LogP contribution >= 0.6 is 12.4 Å². The van der Waals surface area contributed by atoms with Gasteiger partial charge in [-0.05, 0) is 37.9 Å². The summed E-state index contributed by atoms with van der Waals surface area (Å²) in [6.45, 7) is 3.48. The van der Waals surface area contributed by atoms with E-state index in [1.165, 1.54) is 6.07 Å². The maximum Gasteiger partial charge on any atom is 0.225 e. The van der Waals surface area contributed by atoms with Crippen molar-refractivity contribution in [3.63, 3.8) is 0 Å². The number of hydrogen-bond acceptors (Lipinski definition) is 2. The van der Waals surface area contributed by atoms with E-state index in [0.717, 1.165) is 25.9 Å². The van der Waals surface area contributed by atoms with Crippen LogP contribution in [0.1, 0.15) is 25.3 Å². The van der Waals surface area contributed by atoms with Crippen molar-refractivity contribution < 1.29 is 9.18 Å². The molecule has 1 aromatic carbocycles. The summed E-state index contributed by atoms with van der Waals surface area (Å²) in [5, 5.41) is 3.25. The van der Waals surface area contributed by atoms with Gasteiger partial charge in [-0.25, -0.2) is 4.39 Å². The molecular formula is C16H24ClFN2O. The van der Waals surface area contributed by atoms with E-state index in [2.05, 4.69) is 5.32 Å². The van der Waals surface area contributed by atoms with Crippen molar-refractivity contribution in [2.75, 3.05) is 20.1 Å². The third kappa shape index (κ3) is 4.68. The second-order valence-corrected chi connectivity index (χ2v) is 5.58. The highest BCUT2D eigenvalue weighted by Crippen LogP contribution is 2.17. The largest absolute Gasteiger partial charge is 0.342 e. The minimum absolute atomic E-state index is 0. The first kappa shape index (κ1) is 17.9. The first-order valence-electron chi connectivity index (χ1n) is 7.31. The molecule has 1 amide bonds. The van der Waals surface area contributed by atoms with Gasteiger partial charge in [0.2, 0.25) is 5.91 Å². The van der Waals surface area contributed by atoms with Crippen LogP contribution in [0.3, 0.4) is 0 Å². The summed E-state index contributed by atoms with van der Waals surface area (Å²) >= 11 is 0. The predicted octanol–water partition coefficient (Wildman–Crippen LogP) is 2.64. The van der Waals surface area contributed by atoms with Crippen LogP contribution in [0.2, 0.25) is 0 Å². The maximum absolute atomic E-state index is 13.6. The minimum atomic E-state index is -0.221. The Bertz CT molecular complexity index is 461. The Morgan fingerprint density at radius 3 is 2.57 bits per heavy atom. The Balaban J connectivity index is 0.00000220. The summed E-state index contributed by atoms with van der Waals surface area (Å²) in [6.07, 6.45) is 2.46. The molecule has 1 aliphatic heterocycles. The van der Waals surface area contributed by atoms with E-state index in [1.807, 2.05) is 24.9 Å². The second-order valence-electron chi connectivity index (χ2n) is 5.58. The van der Waals surface area contributed by atoms with Crippen LogP contribution in [0.5, 0.6) is 0 Å². The van der Waals surface area contributed by atoms with E-state index in [0.29, 0.717) is 18.0 Å². The third-order valence-corrected chi connectivity index (χ3v) is 4.12. The average Bonchev–Trinajstić information content (AvgIpc) is 2.49. The summed E-state index contributed by atoms with van der Waals surface area (Å²) in [7, 11) is 1.96. The molecule has 0 saturated carbocycles. The fraction of sp³-hybridized carbons (Fsp3) is 0.562. The average molecular weight is 315 g/mol. The molecule has 3 nitrogen and oxygen atoms in total. The Morgan fingerprint density at radius 2 is 2.00 bits per heavy atom. The van der Waals surface area contributed by atoms with Crippen LogP contribution in [0, 0.1) is 11.7 Å². The Kier molecular flexibility index (Phi) is 7.12. The van der Waals surface area contributed by atoms with Gasteiger partial charge in [-0.1, -0.05) is 25.1 Å². The number of rotatable bonds is 4. The molecule has 21 heavy (non-hydrogen) atoms. The SMILES string of the molecule is CNC1CCN(C(=O)C(C)Cc2ccccc2F)CC1.Cl. The number of benzene rings is 1. The van der Waals surface area contributed by atoms with Crippen molar-refractivity contribution in [1.29, 1.82) is 0 Å². The topological polar surface area (TPSA) is 32.3 Å². The molecule has 5 heteroatoms. The van der Waals surface area contributed by atoms with E-state index in [1.54, 1.807) is 12.1 Å². The zero-order valence-corrected chi connectivity index (χ0v) is 13.5. The lowest BCUT2D eigenvalue weighted by molar-refractivity contribution is -0.136. The Morgan fingerprint density at radius 1 is 1.38 bits per heavy atom. The molecule has 1 aromatic rings. The lowest BCUT2D eigenvalue weighted by Gasteiger charge is -2.33. The van der Waals surface area contributed by atoms with E-state index >= 15 is 0 Å². The van der Waals surface area contributed by atoms with Gasteiger partial charge in [0, 0.05) is 25.0 Å². The molecule has 1 atom stereocenters. The fourth-order valence-corrected chi connectivity index (χ4v) is 2.78.